The Morgan fingerprint density at radius 1 is 1.11 bits per heavy atom. The molecule has 1 N–H and O–H groups in total. The number of nitrogens with one attached hydrogen (secondary N) is 1. The number of aryl methyl sites for hydroxylation is 1. The molecule has 2 aromatic heterocycles. The van der Waals surface area contributed by atoms with Gasteiger partial charge in [0.2, 0.25) is 11.1 Å². The SMILES string of the molecule is Cc1cccc(-n2nnnc2SCC(=O)Nc2ccc3nccnc3c2)c1. The molecular formula is C18H15N7OS. The molecule has 0 unspecified atom stereocenters. The minimum absolute atomic E-state index is 0.151. The van der Waals surface area contributed by atoms with Crippen LogP contribution in [0.25, 0.3) is 16.7 Å². The van der Waals surface area contributed by atoms with Crippen molar-refractivity contribution in [2.45, 2.75) is 12.1 Å². The number of tetrazole rings is 1. The van der Waals surface area contributed by atoms with Crippen molar-refractivity contribution in [2.24, 2.45) is 0 Å². The fraction of sp³-hybridized carbons (Fsp3) is 0.111. The molecule has 0 aliphatic rings. The Labute approximate surface area is 159 Å². The van der Waals surface area contributed by atoms with Crippen LogP contribution in [0.5, 0.6) is 0 Å². The van der Waals surface area contributed by atoms with Gasteiger partial charge in [-0.05, 0) is 53.2 Å². The maximum Gasteiger partial charge on any atom is 0.234 e. The Hall–Kier alpha value is -3.33. The van der Waals surface area contributed by atoms with Gasteiger partial charge in [-0.15, -0.1) is 5.10 Å². The summed E-state index contributed by atoms with van der Waals surface area (Å²) in [4.78, 5) is 20.8. The first-order chi connectivity index (χ1) is 13.2. The zero-order valence-corrected chi connectivity index (χ0v) is 15.2. The highest BCUT2D eigenvalue weighted by Crippen LogP contribution is 2.20. The maximum absolute atomic E-state index is 12.3. The van der Waals surface area contributed by atoms with E-state index < -0.39 is 0 Å². The quantitative estimate of drug-likeness (QED) is 0.534. The van der Waals surface area contributed by atoms with E-state index >= 15 is 0 Å². The molecule has 8 nitrogen and oxygen atoms in total. The number of anilines is 1. The first-order valence-electron chi connectivity index (χ1n) is 8.18. The predicted octanol–water partition coefficient (Wildman–Crippen LogP) is 2.64. The number of rotatable bonds is 5. The van der Waals surface area contributed by atoms with Crippen molar-refractivity contribution in [3.8, 4) is 5.69 Å². The molecule has 134 valence electrons. The van der Waals surface area contributed by atoms with Crippen molar-refractivity contribution >= 4 is 34.4 Å². The smallest absolute Gasteiger partial charge is 0.234 e. The summed E-state index contributed by atoms with van der Waals surface area (Å²) in [5, 5.41) is 15.2. The summed E-state index contributed by atoms with van der Waals surface area (Å²) >= 11 is 1.27. The lowest BCUT2D eigenvalue weighted by Crippen LogP contribution is -2.14. The second-order valence-electron chi connectivity index (χ2n) is 5.81. The normalized spacial score (nSPS) is 10.9. The van der Waals surface area contributed by atoms with Crippen LogP contribution in [0, 0.1) is 6.92 Å². The Morgan fingerprint density at radius 3 is 2.81 bits per heavy atom. The molecule has 0 bridgehead atoms. The summed E-state index contributed by atoms with van der Waals surface area (Å²) in [6.07, 6.45) is 3.25. The number of hydrogen-bond donors (Lipinski definition) is 1. The third kappa shape index (κ3) is 3.93. The van der Waals surface area contributed by atoms with Gasteiger partial charge in [0.1, 0.15) is 0 Å². The highest BCUT2D eigenvalue weighted by Gasteiger charge is 2.12. The minimum atomic E-state index is -0.151. The van der Waals surface area contributed by atoms with E-state index in [9.17, 15) is 4.79 Å². The average molecular weight is 377 g/mol. The van der Waals surface area contributed by atoms with Crippen LogP contribution in [-0.4, -0.2) is 41.8 Å². The summed E-state index contributed by atoms with van der Waals surface area (Å²) in [5.41, 5.74) is 4.15. The molecule has 9 heteroatoms. The molecule has 4 aromatic rings. The Morgan fingerprint density at radius 2 is 1.96 bits per heavy atom. The molecule has 0 saturated heterocycles. The summed E-state index contributed by atoms with van der Waals surface area (Å²) in [5.74, 6) is 0.0343. The lowest BCUT2D eigenvalue weighted by molar-refractivity contribution is -0.113. The summed E-state index contributed by atoms with van der Waals surface area (Å²) < 4.78 is 1.62. The zero-order valence-electron chi connectivity index (χ0n) is 14.4. The minimum Gasteiger partial charge on any atom is -0.325 e. The highest BCUT2D eigenvalue weighted by molar-refractivity contribution is 7.99. The molecule has 0 spiro atoms. The molecule has 0 aliphatic heterocycles. The van der Waals surface area contributed by atoms with E-state index in [1.165, 1.54) is 11.8 Å². The van der Waals surface area contributed by atoms with Crippen molar-refractivity contribution in [1.82, 2.24) is 30.2 Å². The van der Waals surface area contributed by atoms with Crippen LogP contribution in [0.2, 0.25) is 0 Å². The fourth-order valence-corrected chi connectivity index (χ4v) is 3.25. The third-order valence-corrected chi connectivity index (χ3v) is 4.69. The van der Waals surface area contributed by atoms with E-state index in [-0.39, 0.29) is 11.7 Å². The van der Waals surface area contributed by atoms with E-state index in [0.717, 1.165) is 22.3 Å². The van der Waals surface area contributed by atoms with Crippen LogP contribution in [0.1, 0.15) is 5.56 Å². The van der Waals surface area contributed by atoms with Crippen molar-refractivity contribution in [3.05, 3.63) is 60.4 Å². The van der Waals surface area contributed by atoms with Crippen molar-refractivity contribution in [2.75, 3.05) is 11.1 Å². The number of carbonyl (C=O) groups excluding carboxylic acids is 1. The number of amides is 1. The monoisotopic (exact) mass is 377 g/mol. The number of thioether (sulfide) groups is 1. The topological polar surface area (TPSA) is 98.5 Å². The van der Waals surface area contributed by atoms with Crippen LogP contribution < -0.4 is 5.32 Å². The van der Waals surface area contributed by atoms with E-state index in [4.69, 9.17) is 0 Å². The van der Waals surface area contributed by atoms with E-state index in [1.54, 1.807) is 29.2 Å². The van der Waals surface area contributed by atoms with Crippen molar-refractivity contribution in [1.29, 1.82) is 0 Å². The van der Waals surface area contributed by atoms with Gasteiger partial charge in [-0.3, -0.25) is 14.8 Å². The average Bonchev–Trinajstić information content (AvgIpc) is 3.15. The van der Waals surface area contributed by atoms with Gasteiger partial charge in [0, 0.05) is 18.1 Å². The van der Waals surface area contributed by atoms with Gasteiger partial charge >= 0.3 is 0 Å². The number of fused-ring (bicyclic) bond motifs is 1. The first kappa shape index (κ1) is 17.1. The van der Waals surface area contributed by atoms with Gasteiger partial charge < -0.3 is 5.32 Å². The summed E-state index contributed by atoms with van der Waals surface area (Å²) in [6.45, 7) is 2.00. The van der Waals surface area contributed by atoms with Gasteiger partial charge in [0.25, 0.3) is 0 Å². The van der Waals surface area contributed by atoms with E-state index in [2.05, 4.69) is 30.8 Å². The van der Waals surface area contributed by atoms with Crippen molar-refractivity contribution < 1.29 is 4.79 Å². The number of benzene rings is 2. The number of hydrogen-bond acceptors (Lipinski definition) is 7. The Kier molecular flexibility index (Phi) is 4.75. The molecule has 0 saturated carbocycles. The third-order valence-electron chi connectivity index (χ3n) is 3.77. The number of carbonyl (C=O) groups is 1. The molecule has 0 atom stereocenters. The van der Waals surface area contributed by atoms with Crippen molar-refractivity contribution in [3.63, 3.8) is 0 Å². The highest BCUT2D eigenvalue weighted by atomic mass is 32.2. The number of nitrogens with zero attached hydrogens (tertiary/aromatic N) is 6. The Bertz CT molecular complexity index is 1110. The molecular weight excluding hydrogens is 362 g/mol. The second kappa shape index (κ2) is 7.50. The van der Waals surface area contributed by atoms with Gasteiger partial charge in [-0.2, -0.15) is 4.68 Å². The molecule has 2 aromatic carbocycles. The molecule has 0 radical (unpaired) electrons. The molecule has 27 heavy (non-hydrogen) atoms. The zero-order chi connectivity index (χ0) is 18.6. The van der Waals surface area contributed by atoms with E-state index in [1.807, 2.05) is 37.3 Å². The number of aromatic nitrogens is 6. The van der Waals surface area contributed by atoms with Gasteiger partial charge in [0.05, 0.1) is 22.5 Å². The molecule has 0 aliphatic carbocycles. The summed E-state index contributed by atoms with van der Waals surface area (Å²) in [6, 6.07) is 13.3. The Balaban J connectivity index is 1.43. The first-order valence-corrected chi connectivity index (χ1v) is 9.16. The fourth-order valence-electron chi connectivity index (χ4n) is 2.56. The van der Waals surface area contributed by atoms with Crippen LogP contribution in [0.3, 0.4) is 0 Å². The van der Waals surface area contributed by atoms with Gasteiger partial charge in [-0.1, -0.05) is 23.9 Å². The molecule has 4 rings (SSSR count). The van der Waals surface area contributed by atoms with Crippen LogP contribution >= 0.6 is 11.8 Å². The van der Waals surface area contributed by atoms with Crippen LogP contribution in [-0.2, 0) is 4.79 Å². The maximum atomic E-state index is 12.3. The lowest BCUT2D eigenvalue weighted by Gasteiger charge is -2.07. The van der Waals surface area contributed by atoms with Crippen LogP contribution in [0.15, 0.2) is 60.0 Å². The molecule has 0 fully saturated rings. The molecule has 1 amide bonds. The lowest BCUT2D eigenvalue weighted by atomic mass is 10.2. The molecule has 2 heterocycles. The standard InChI is InChI=1S/C18H15N7OS/c1-12-3-2-4-14(9-12)25-18(22-23-24-25)27-11-17(26)21-13-5-6-15-16(10-13)20-8-7-19-15/h2-10H,11H2,1H3,(H,21,26). The van der Waals surface area contributed by atoms with Crippen LogP contribution in [0.4, 0.5) is 5.69 Å². The van der Waals surface area contributed by atoms with E-state index in [0.29, 0.717) is 10.8 Å². The second-order valence-corrected chi connectivity index (χ2v) is 6.75. The largest absolute Gasteiger partial charge is 0.325 e. The summed E-state index contributed by atoms with van der Waals surface area (Å²) in [7, 11) is 0. The predicted molar refractivity (Wildman–Crippen MR) is 103 cm³/mol. The van der Waals surface area contributed by atoms with Gasteiger partial charge in [0.15, 0.2) is 0 Å². The van der Waals surface area contributed by atoms with Gasteiger partial charge in [-0.25, -0.2) is 0 Å².